The summed E-state index contributed by atoms with van der Waals surface area (Å²) in [5.41, 5.74) is 6.57. The summed E-state index contributed by atoms with van der Waals surface area (Å²) in [6, 6.07) is 5.20. The molecule has 0 spiro atoms. The Morgan fingerprint density at radius 1 is 1.28 bits per heavy atom. The normalized spacial score (nSPS) is 20.4. The van der Waals surface area contributed by atoms with Gasteiger partial charge in [-0.15, -0.1) is 0 Å². The summed E-state index contributed by atoms with van der Waals surface area (Å²) in [5.74, 6) is 0. The first-order chi connectivity index (χ1) is 8.19. The molecule has 5 nitrogen and oxygen atoms in total. The highest BCUT2D eigenvalue weighted by Crippen LogP contribution is 2.64. The number of hydrogen-bond acceptors (Lipinski definition) is 4. The molecular formula is C13H19N3O2. The van der Waals surface area contributed by atoms with Crippen molar-refractivity contribution in [3.05, 3.63) is 28.3 Å². The van der Waals surface area contributed by atoms with Crippen molar-refractivity contribution in [2.24, 2.45) is 10.8 Å². The molecule has 1 saturated carbocycles. The topological polar surface area (TPSA) is 81.2 Å². The smallest absolute Gasteiger partial charge is 0.314 e. The van der Waals surface area contributed by atoms with E-state index in [4.69, 9.17) is 5.73 Å². The number of nitrogen functional groups attached to an aromatic ring is 1. The van der Waals surface area contributed by atoms with E-state index in [2.05, 4.69) is 33.0 Å². The van der Waals surface area contributed by atoms with E-state index >= 15 is 0 Å². The number of nitro groups is 1. The number of nitrogens with two attached hydrogens (primary N) is 1. The van der Waals surface area contributed by atoms with Crippen LogP contribution < -0.4 is 11.1 Å². The van der Waals surface area contributed by atoms with Gasteiger partial charge in [-0.2, -0.15) is 0 Å². The zero-order valence-corrected chi connectivity index (χ0v) is 11.2. The van der Waals surface area contributed by atoms with Crippen LogP contribution in [0.1, 0.15) is 27.7 Å². The zero-order chi connectivity index (χ0) is 13.7. The number of benzene rings is 1. The molecule has 5 heteroatoms. The van der Waals surface area contributed by atoms with E-state index in [0.29, 0.717) is 5.69 Å². The molecule has 3 N–H and O–H groups in total. The lowest BCUT2D eigenvalue weighted by Gasteiger charge is -2.09. The molecule has 0 aliphatic heterocycles. The molecule has 98 valence electrons. The Hall–Kier alpha value is -1.78. The van der Waals surface area contributed by atoms with Gasteiger partial charge >= 0.3 is 5.69 Å². The van der Waals surface area contributed by atoms with Crippen LogP contribution in [0.4, 0.5) is 17.1 Å². The third kappa shape index (κ3) is 1.62. The third-order valence-electron chi connectivity index (χ3n) is 4.57. The quantitative estimate of drug-likeness (QED) is 0.490. The van der Waals surface area contributed by atoms with Crippen molar-refractivity contribution >= 4 is 17.1 Å². The highest BCUT2D eigenvalue weighted by molar-refractivity contribution is 5.75. The van der Waals surface area contributed by atoms with Crippen LogP contribution in [0.2, 0.25) is 0 Å². The highest BCUT2D eigenvalue weighted by Gasteiger charge is 2.65. The molecular weight excluding hydrogens is 230 g/mol. The third-order valence-corrected chi connectivity index (χ3v) is 4.57. The van der Waals surface area contributed by atoms with Gasteiger partial charge in [0.15, 0.2) is 0 Å². The lowest BCUT2D eigenvalue weighted by molar-refractivity contribution is -0.383. The van der Waals surface area contributed by atoms with E-state index in [-0.39, 0.29) is 28.2 Å². The minimum absolute atomic E-state index is 0.0315. The fraction of sp³-hybridized carbons (Fsp3) is 0.538. The minimum atomic E-state index is -0.431. The molecule has 1 aliphatic carbocycles. The largest absolute Gasteiger partial charge is 0.393 e. The molecule has 0 amide bonds. The Morgan fingerprint density at radius 3 is 2.28 bits per heavy atom. The number of hydrogen-bond donors (Lipinski definition) is 2. The van der Waals surface area contributed by atoms with Gasteiger partial charge in [0, 0.05) is 6.04 Å². The van der Waals surface area contributed by atoms with Gasteiger partial charge in [0.05, 0.1) is 4.92 Å². The van der Waals surface area contributed by atoms with E-state index in [0.717, 1.165) is 0 Å². The van der Waals surface area contributed by atoms with E-state index in [1.54, 1.807) is 18.2 Å². The Labute approximate surface area is 107 Å². The van der Waals surface area contributed by atoms with Crippen LogP contribution in [-0.2, 0) is 0 Å². The second-order valence-electron chi connectivity index (χ2n) is 6.02. The lowest BCUT2D eigenvalue weighted by Crippen LogP contribution is -2.12. The zero-order valence-electron chi connectivity index (χ0n) is 11.2. The summed E-state index contributed by atoms with van der Waals surface area (Å²) in [7, 11) is 0. The Balaban J connectivity index is 2.32. The summed E-state index contributed by atoms with van der Waals surface area (Å²) < 4.78 is 0. The fourth-order valence-corrected chi connectivity index (χ4v) is 2.59. The first kappa shape index (κ1) is 12.7. The maximum Gasteiger partial charge on any atom is 0.314 e. The Morgan fingerprint density at radius 2 is 1.83 bits per heavy atom. The molecule has 0 aromatic heterocycles. The van der Waals surface area contributed by atoms with Gasteiger partial charge in [-0.1, -0.05) is 33.8 Å². The van der Waals surface area contributed by atoms with Crippen LogP contribution in [0.15, 0.2) is 18.2 Å². The second-order valence-corrected chi connectivity index (χ2v) is 6.02. The maximum atomic E-state index is 11.1. The first-order valence-electron chi connectivity index (χ1n) is 5.99. The van der Waals surface area contributed by atoms with Crippen molar-refractivity contribution in [3.8, 4) is 0 Å². The van der Waals surface area contributed by atoms with E-state index in [9.17, 15) is 10.1 Å². The van der Waals surface area contributed by atoms with E-state index in [1.807, 2.05) is 0 Å². The van der Waals surface area contributed by atoms with Crippen LogP contribution in [0.5, 0.6) is 0 Å². The number of rotatable bonds is 3. The predicted octanol–water partition coefficient (Wildman–Crippen LogP) is 3.02. The van der Waals surface area contributed by atoms with Crippen molar-refractivity contribution in [3.63, 3.8) is 0 Å². The summed E-state index contributed by atoms with van der Waals surface area (Å²) in [4.78, 5) is 10.6. The van der Waals surface area contributed by atoms with Crippen LogP contribution in [0.25, 0.3) is 0 Å². The molecule has 1 aromatic carbocycles. The number of para-hydroxylation sites is 1. The van der Waals surface area contributed by atoms with E-state index < -0.39 is 4.92 Å². The van der Waals surface area contributed by atoms with Crippen molar-refractivity contribution in [1.29, 1.82) is 0 Å². The molecule has 2 rings (SSSR count). The molecule has 0 saturated heterocycles. The molecule has 1 aliphatic rings. The SMILES string of the molecule is CC1(C)C(Nc2cccc(N)c2[N+](=O)[O-])C1(C)C. The van der Waals surface area contributed by atoms with Gasteiger partial charge < -0.3 is 11.1 Å². The van der Waals surface area contributed by atoms with Crippen LogP contribution in [0.3, 0.4) is 0 Å². The van der Waals surface area contributed by atoms with Crippen molar-refractivity contribution in [2.45, 2.75) is 33.7 Å². The number of nitrogens with zero attached hydrogens (tertiary/aromatic N) is 1. The molecule has 0 bridgehead atoms. The number of nitrogens with one attached hydrogen (secondary N) is 1. The molecule has 0 heterocycles. The van der Waals surface area contributed by atoms with Gasteiger partial charge in [0.1, 0.15) is 11.4 Å². The van der Waals surface area contributed by atoms with Gasteiger partial charge in [-0.25, -0.2) is 0 Å². The van der Waals surface area contributed by atoms with Crippen molar-refractivity contribution < 1.29 is 4.92 Å². The molecule has 0 radical (unpaired) electrons. The lowest BCUT2D eigenvalue weighted by atomic mass is 10.0. The molecule has 1 aromatic rings. The maximum absolute atomic E-state index is 11.1. The summed E-state index contributed by atoms with van der Waals surface area (Å²) in [5, 5.41) is 14.3. The average molecular weight is 249 g/mol. The van der Waals surface area contributed by atoms with Gasteiger partial charge in [-0.3, -0.25) is 10.1 Å². The number of nitro benzene ring substituents is 1. The van der Waals surface area contributed by atoms with Crippen LogP contribution in [-0.4, -0.2) is 11.0 Å². The van der Waals surface area contributed by atoms with Crippen molar-refractivity contribution in [1.82, 2.24) is 0 Å². The average Bonchev–Trinajstić information content (AvgIpc) is 2.60. The summed E-state index contributed by atoms with van der Waals surface area (Å²) in [6.45, 7) is 8.62. The molecule has 0 atom stereocenters. The van der Waals surface area contributed by atoms with Gasteiger partial charge in [-0.05, 0) is 23.0 Å². The van der Waals surface area contributed by atoms with Gasteiger partial charge in [0.25, 0.3) is 0 Å². The van der Waals surface area contributed by atoms with Crippen LogP contribution in [0, 0.1) is 20.9 Å². The highest BCUT2D eigenvalue weighted by atomic mass is 16.6. The molecule has 0 unspecified atom stereocenters. The Kier molecular flexibility index (Phi) is 2.54. The fourth-order valence-electron chi connectivity index (χ4n) is 2.59. The molecule has 18 heavy (non-hydrogen) atoms. The Bertz CT molecular complexity index is 495. The second kappa shape index (κ2) is 3.60. The first-order valence-corrected chi connectivity index (χ1v) is 5.99. The van der Waals surface area contributed by atoms with Crippen molar-refractivity contribution in [2.75, 3.05) is 11.1 Å². The van der Waals surface area contributed by atoms with Crippen LogP contribution >= 0.6 is 0 Å². The minimum Gasteiger partial charge on any atom is -0.393 e. The molecule has 1 fully saturated rings. The van der Waals surface area contributed by atoms with Gasteiger partial charge in [0.2, 0.25) is 0 Å². The standard InChI is InChI=1S/C13H19N3O2/c1-12(2)11(13(12,3)4)15-9-7-5-6-8(14)10(9)16(17)18/h5-7,11,15H,14H2,1-4H3. The monoisotopic (exact) mass is 249 g/mol. The summed E-state index contributed by atoms with van der Waals surface area (Å²) in [6.07, 6.45) is 0. The predicted molar refractivity (Wildman–Crippen MR) is 72.5 cm³/mol. The van der Waals surface area contributed by atoms with E-state index in [1.165, 1.54) is 0 Å². The summed E-state index contributed by atoms with van der Waals surface area (Å²) >= 11 is 0. The number of anilines is 2.